The number of hydrogen-bond donors (Lipinski definition) is 1. The third kappa shape index (κ3) is 24.2. The highest BCUT2D eigenvalue weighted by atomic mass is 35.5. The molecule has 0 aromatic carbocycles. The highest BCUT2D eigenvalue weighted by Gasteiger charge is 2.17. The second-order valence-corrected chi connectivity index (χ2v) is 9.31. The molecular formula is C24H52ClNO2. The van der Waals surface area contributed by atoms with E-state index in [1.807, 2.05) is 6.92 Å². The van der Waals surface area contributed by atoms with Crippen molar-refractivity contribution in [3.63, 3.8) is 0 Å². The normalized spacial score (nSPS) is 12.8. The lowest BCUT2D eigenvalue weighted by Gasteiger charge is -2.30. The zero-order valence-corrected chi connectivity index (χ0v) is 20.4. The van der Waals surface area contributed by atoms with Crippen LogP contribution in [-0.4, -0.2) is 49.7 Å². The molecule has 0 aliphatic heterocycles. The van der Waals surface area contributed by atoms with E-state index in [0.717, 1.165) is 17.6 Å². The quantitative estimate of drug-likeness (QED) is 0.174. The SMILES string of the molecule is CCCCCCCCCCCCCCCCCCOC[N+](C)(C)CC(C)O.[Cl-]. The molecule has 0 rings (SSSR count). The van der Waals surface area contributed by atoms with Crippen LogP contribution in [0, 0.1) is 0 Å². The van der Waals surface area contributed by atoms with Gasteiger partial charge in [-0.1, -0.05) is 103 Å². The summed E-state index contributed by atoms with van der Waals surface area (Å²) in [6, 6.07) is 0. The van der Waals surface area contributed by atoms with Crippen LogP contribution in [0.5, 0.6) is 0 Å². The summed E-state index contributed by atoms with van der Waals surface area (Å²) in [6.07, 6.45) is 22.2. The summed E-state index contributed by atoms with van der Waals surface area (Å²) >= 11 is 0. The molecule has 0 heterocycles. The Balaban J connectivity index is 0. The summed E-state index contributed by atoms with van der Waals surface area (Å²) in [7, 11) is 4.22. The van der Waals surface area contributed by atoms with Crippen LogP contribution in [0.2, 0.25) is 0 Å². The van der Waals surface area contributed by atoms with Crippen molar-refractivity contribution in [1.82, 2.24) is 0 Å². The predicted molar refractivity (Wildman–Crippen MR) is 119 cm³/mol. The molecule has 0 spiro atoms. The molecule has 0 bridgehead atoms. The van der Waals surface area contributed by atoms with Gasteiger partial charge < -0.3 is 26.7 Å². The van der Waals surface area contributed by atoms with Crippen LogP contribution >= 0.6 is 0 Å². The van der Waals surface area contributed by atoms with E-state index in [0.29, 0.717) is 6.73 Å². The van der Waals surface area contributed by atoms with Gasteiger partial charge in [-0.05, 0) is 13.3 Å². The molecule has 0 fully saturated rings. The minimum atomic E-state index is -0.265. The first kappa shape index (κ1) is 30.4. The Labute approximate surface area is 183 Å². The molecule has 0 aromatic heterocycles. The van der Waals surface area contributed by atoms with Crippen LogP contribution in [0.4, 0.5) is 0 Å². The minimum Gasteiger partial charge on any atom is -1.00 e. The van der Waals surface area contributed by atoms with Crippen molar-refractivity contribution in [3.05, 3.63) is 0 Å². The predicted octanol–water partition coefficient (Wildman–Crippen LogP) is 3.68. The lowest BCUT2D eigenvalue weighted by molar-refractivity contribution is -0.912. The van der Waals surface area contributed by atoms with E-state index in [2.05, 4.69) is 21.0 Å². The molecule has 28 heavy (non-hydrogen) atoms. The molecule has 172 valence electrons. The van der Waals surface area contributed by atoms with Crippen molar-refractivity contribution < 1.29 is 26.7 Å². The van der Waals surface area contributed by atoms with Gasteiger partial charge in [0.1, 0.15) is 12.6 Å². The van der Waals surface area contributed by atoms with E-state index in [-0.39, 0.29) is 18.5 Å². The summed E-state index contributed by atoms with van der Waals surface area (Å²) < 4.78 is 6.51. The van der Waals surface area contributed by atoms with Crippen LogP contribution in [0.1, 0.15) is 117 Å². The van der Waals surface area contributed by atoms with Crippen LogP contribution in [0.25, 0.3) is 0 Å². The number of ether oxygens (including phenoxy) is 1. The second kappa shape index (κ2) is 21.9. The van der Waals surface area contributed by atoms with Gasteiger partial charge in [0, 0.05) is 0 Å². The molecule has 0 aliphatic rings. The standard InChI is InChI=1S/C24H52NO2.ClH/c1-5-6-7-8-9-10-11-12-13-14-15-16-17-18-19-20-21-27-23-25(3,4)22-24(2)26;/h24,26H,5-23H2,1-4H3;1H/q+1;/p-1. The Morgan fingerprint density at radius 2 is 1.04 bits per heavy atom. The van der Waals surface area contributed by atoms with Crippen LogP contribution < -0.4 is 12.4 Å². The van der Waals surface area contributed by atoms with Crippen LogP contribution in [0.15, 0.2) is 0 Å². The van der Waals surface area contributed by atoms with Crippen molar-refractivity contribution in [2.45, 2.75) is 123 Å². The van der Waals surface area contributed by atoms with Crippen LogP contribution in [-0.2, 0) is 4.74 Å². The van der Waals surface area contributed by atoms with E-state index in [9.17, 15) is 5.11 Å². The van der Waals surface area contributed by atoms with Gasteiger partial charge in [-0.3, -0.25) is 0 Å². The summed E-state index contributed by atoms with van der Waals surface area (Å²) in [6.45, 7) is 6.44. The smallest absolute Gasteiger partial charge is 0.182 e. The molecule has 4 heteroatoms. The highest BCUT2D eigenvalue weighted by molar-refractivity contribution is 4.50. The van der Waals surface area contributed by atoms with Gasteiger partial charge in [-0.15, -0.1) is 0 Å². The molecule has 0 saturated carbocycles. The zero-order valence-electron chi connectivity index (χ0n) is 19.7. The van der Waals surface area contributed by atoms with E-state index >= 15 is 0 Å². The van der Waals surface area contributed by atoms with Gasteiger partial charge in [0.25, 0.3) is 0 Å². The lowest BCUT2D eigenvalue weighted by Crippen LogP contribution is -3.00. The highest BCUT2D eigenvalue weighted by Crippen LogP contribution is 2.13. The number of halogens is 1. The van der Waals surface area contributed by atoms with Crippen molar-refractivity contribution in [3.8, 4) is 0 Å². The van der Waals surface area contributed by atoms with Gasteiger partial charge >= 0.3 is 0 Å². The van der Waals surface area contributed by atoms with E-state index in [1.165, 1.54) is 103 Å². The molecule has 3 nitrogen and oxygen atoms in total. The average Bonchev–Trinajstić information content (AvgIpc) is 2.59. The van der Waals surface area contributed by atoms with Gasteiger partial charge in [0.2, 0.25) is 0 Å². The van der Waals surface area contributed by atoms with E-state index in [4.69, 9.17) is 4.74 Å². The fourth-order valence-electron chi connectivity index (χ4n) is 3.83. The van der Waals surface area contributed by atoms with Crippen LogP contribution in [0.3, 0.4) is 0 Å². The minimum absolute atomic E-state index is 0. The fraction of sp³-hybridized carbons (Fsp3) is 1.00. The molecule has 0 saturated heterocycles. The molecule has 1 unspecified atom stereocenters. The number of nitrogens with zero attached hydrogens (tertiary/aromatic N) is 1. The summed E-state index contributed by atoms with van der Waals surface area (Å²) in [5.74, 6) is 0. The number of aliphatic hydroxyl groups excluding tert-OH is 1. The fourth-order valence-corrected chi connectivity index (χ4v) is 3.83. The topological polar surface area (TPSA) is 29.5 Å². The third-order valence-corrected chi connectivity index (χ3v) is 5.34. The maximum absolute atomic E-state index is 9.47. The van der Waals surface area contributed by atoms with Gasteiger partial charge in [-0.2, -0.15) is 0 Å². The van der Waals surface area contributed by atoms with E-state index in [1.54, 1.807) is 0 Å². The van der Waals surface area contributed by atoms with Crippen molar-refractivity contribution >= 4 is 0 Å². The Morgan fingerprint density at radius 1 is 0.679 bits per heavy atom. The maximum atomic E-state index is 9.47. The van der Waals surface area contributed by atoms with Gasteiger partial charge in [0.05, 0.1) is 20.7 Å². The number of unbranched alkanes of at least 4 members (excludes halogenated alkanes) is 15. The Morgan fingerprint density at radius 3 is 1.39 bits per heavy atom. The zero-order chi connectivity index (χ0) is 20.2. The number of quaternary nitrogens is 1. The van der Waals surface area contributed by atoms with Crippen molar-refractivity contribution in [1.29, 1.82) is 0 Å². The maximum Gasteiger partial charge on any atom is 0.182 e. The Kier molecular flexibility index (Phi) is 23.7. The van der Waals surface area contributed by atoms with Gasteiger partial charge in [-0.25, -0.2) is 0 Å². The monoisotopic (exact) mass is 421 g/mol. The first-order chi connectivity index (χ1) is 13.0. The first-order valence-corrected chi connectivity index (χ1v) is 12.1. The van der Waals surface area contributed by atoms with Crippen molar-refractivity contribution in [2.24, 2.45) is 0 Å². The summed E-state index contributed by atoms with van der Waals surface area (Å²) in [5.41, 5.74) is 0. The second-order valence-electron chi connectivity index (χ2n) is 9.31. The molecule has 0 aliphatic carbocycles. The molecular weight excluding hydrogens is 370 g/mol. The molecule has 1 N–H and O–H groups in total. The largest absolute Gasteiger partial charge is 1.00 e. The average molecular weight is 422 g/mol. The van der Waals surface area contributed by atoms with Gasteiger partial charge in [0.15, 0.2) is 6.73 Å². The first-order valence-electron chi connectivity index (χ1n) is 12.1. The molecule has 0 radical (unpaired) electrons. The van der Waals surface area contributed by atoms with E-state index < -0.39 is 0 Å². The Bertz CT molecular complexity index is 298. The molecule has 0 aromatic rings. The number of hydrogen-bond acceptors (Lipinski definition) is 2. The molecule has 1 atom stereocenters. The molecule has 0 amide bonds. The number of rotatable bonds is 21. The van der Waals surface area contributed by atoms with Crippen molar-refractivity contribution in [2.75, 3.05) is 34.0 Å². The lowest BCUT2D eigenvalue weighted by atomic mass is 10.0. The Hall–Kier alpha value is 0.170. The summed E-state index contributed by atoms with van der Waals surface area (Å²) in [5, 5.41) is 9.47. The summed E-state index contributed by atoms with van der Waals surface area (Å²) in [4.78, 5) is 0. The third-order valence-electron chi connectivity index (χ3n) is 5.34. The number of likely N-dealkylation sites (N-methyl/N-ethyl adjacent to an activating group) is 1. The number of aliphatic hydroxyl groups is 1.